The minimum absolute atomic E-state index is 0.209. The van der Waals surface area contributed by atoms with Crippen molar-refractivity contribution in [2.75, 3.05) is 19.8 Å². The molecule has 0 bridgehead atoms. The Bertz CT molecular complexity index is 962. The van der Waals surface area contributed by atoms with Gasteiger partial charge < -0.3 is 65.1 Å². The Balaban J connectivity index is 1.88. The zero-order valence-corrected chi connectivity index (χ0v) is 34.6. The molecular formula is C42H81NO13. The number of hydrogen-bond acceptors (Lipinski definition) is 13. The van der Waals surface area contributed by atoms with Gasteiger partial charge >= 0.3 is 0 Å². The molecule has 2 fully saturated rings. The average Bonchev–Trinajstić information content (AvgIpc) is 3.19. The molecule has 2 aliphatic rings. The number of rotatable bonds is 33. The van der Waals surface area contributed by atoms with E-state index in [0.717, 1.165) is 51.4 Å². The second kappa shape index (κ2) is 30.9. The van der Waals surface area contributed by atoms with E-state index in [2.05, 4.69) is 19.2 Å². The van der Waals surface area contributed by atoms with Gasteiger partial charge in [0.1, 0.15) is 48.8 Å². The van der Waals surface area contributed by atoms with Crippen molar-refractivity contribution >= 4 is 5.91 Å². The second-order valence-corrected chi connectivity index (χ2v) is 16.2. The summed E-state index contributed by atoms with van der Waals surface area (Å²) in [5, 5.41) is 86.4. The molecule has 2 aliphatic heterocycles. The van der Waals surface area contributed by atoms with Crippen LogP contribution >= 0.6 is 0 Å². The first-order valence-electron chi connectivity index (χ1n) is 22.3. The third-order valence-corrected chi connectivity index (χ3v) is 11.3. The summed E-state index contributed by atoms with van der Waals surface area (Å²) in [6.07, 6.45) is 9.82. The Hall–Kier alpha value is -1.01. The highest BCUT2D eigenvalue weighted by Gasteiger charge is 2.51. The number of nitrogens with one attached hydrogen (secondary N) is 1. The van der Waals surface area contributed by atoms with Crippen LogP contribution in [0.2, 0.25) is 0 Å². The molecule has 2 saturated heterocycles. The summed E-state index contributed by atoms with van der Waals surface area (Å²) >= 11 is 0. The Kier molecular flexibility index (Phi) is 28.3. The van der Waals surface area contributed by atoms with Crippen molar-refractivity contribution in [1.29, 1.82) is 0 Å². The predicted octanol–water partition coefficient (Wildman–Crippen LogP) is 3.88. The molecule has 12 unspecified atom stereocenters. The van der Waals surface area contributed by atoms with Gasteiger partial charge in [0.15, 0.2) is 12.6 Å². The average molecular weight is 808 g/mol. The topological polar surface area (TPSA) is 228 Å². The maximum absolute atomic E-state index is 13.1. The van der Waals surface area contributed by atoms with Gasteiger partial charge in [-0.3, -0.25) is 4.79 Å². The van der Waals surface area contributed by atoms with Crippen molar-refractivity contribution in [2.45, 2.75) is 242 Å². The van der Waals surface area contributed by atoms with Gasteiger partial charge in [0, 0.05) is 6.42 Å². The fourth-order valence-corrected chi connectivity index (χ4v) is 7.59. The lowest BCUT2D eigenvalue weighted by Gasteiger charge is -2.46. The Morgan fingerprint density at radius 2 is 1.02 bits per heavy atom. The van der Waals surface area contributed by atoms with Gasteiger partial charge in [-0.25, -0.2) is 0 Å². The molecule has 12 atom stereocenters. The lowest BCUT2D eigenvalue weighted by Crippen LogP contribution is -2.65. The molecule has 14 heteroatoms. The predicted molar refractivity (Wildman–Crippen MR) is 212 cm³/mol. The maximum Gasteiger partial charge on any atom is 0.220 e. The molecule has 0 aliphatic carbocycles. The lowest BCUT2D eigenvalue weighted by molar-refractivity contribution is -0.359. The van der Waals surface area contributed by atoms with E-state index in [1.165, 1.54) is 89.9 Å². The van der Waals surface area contributed by atoms with Crippen molar-refractivity contribution < 1.29 is 64.6 Å². The van der Waals surface area contributed by atoms with Crippen LogP contribution in [0.4, 0.5) is 0 Å². The Morgan fingerprint density at radius 1 is 0.571 bits per heavy atom. The number of aliphatic hydroxyl groups is 8. The van der Waals surface area contributed by atoms with Gasteiger partial charge in [-0.1, -0.05) is 149 Å². The minimum atomic E-state index is -1.78. The quantitative estimate of drug-likeness (QED) is 0.0430. The molecule has 2 heterocycles. The summed E-state index contributed by atoms with van der Waals surface area (Å²) in [5.41, 5.74) is 0. The first-order valence-corrected chi connectivity index (χ1v) is 22.3. The summed E-state index contributed by atoms with van der Waals surface area (Å²) in [6, 6.07) is -0.817. The number of hydrogen-bond donors (Lipinski definition) is 9. The molecule has 9 N–H and O–H groups in total. The molecule has 0 aromatic carbocycles. The van der Waals surface area contributed by atoms with Gasteiger partial charge in [0.25, 0.3) is 0 Å². The number of ether oxygens (including phenoxy) is 4. The highest BCUT2D eigenvalue weighted by molar-refractivity contribution is 5.76. The third-order valence-electron chi connectivity index (χ3n) is 11.3. The van der Waals surface area contributed by atoms with Crippen LogP contribution in [-0.2, 0) is 23.7 Å². The number of aliphatic hydroxyl groups excluding tert-OH is 8. The van der Waals surface area contributed by atoms with Gasteiger partial charge in [-0.15, -0.1) is 0 Å². The van der Waals surface area contributed by atoms with Crippen LogP contribution in [0, 0.1) is 0 Å². The van der Waals surface area contributed by atoms with Gasteiger partial charge in [0.2, 0.25) is 5.91 Å². The molecule has 56 heavy (non-hydrogen) atoms. The summed E-state index contributed by atoms with van der Waals surface area (Å²) in [4.78, 5) is 13.1. The molecule has 14 nitrogen and oxygen atoms in total. The number of carbonyl (C=O) groups is 1. The van der Waals surface area contributed by atoms with Crippen LogP contribution in [0.3, 0.4) is 0 Å². The smallest absolute Gasteiger partial charge is 0.220 e. The second-order valence-electron chi connectivity index (χ2n) is 16.2. The van der Waals surface area contributed by atoms with E-state index in [0.29, 0.717) is 12.8 Å². The largest absolute Gasteiger partial charge is 0.394 e. The van der Waals surface area contributed by atoms with E-state index in [1.807, 2.05) is 0 Å². The molecule has 0 aromatic rings. The van der Waals surface area contributed by atoms with Crippen LogP contribution in [0.5, 0.6) is 0 Å². The zero-order chi connectivity index (χ0) is 41.1. The van der Waals surface area contributed by atoms with E-state index in [-0.39, 0.29) is 12.5 Å². The SMILES string of the molecule is CCCCCCCCCCCCCCCC(=O)NC(COC1OC(CO)C(OC2OC(CO)C(O)C(O)C2O)C(O)C1O)C(O)CCCCCCCCCCC. The molecular weight excluding hydrogens is 726 g/mol. The summed E-state index contributed by atoms with van der Waals surface area (Å²) in [5.74, 6) is -0.209. The fourth-order valence-electron chi connectivity index (χ4n) is 7.59. The van der Waals surface area contributed by atoms with E-state index < -0.39 is 86.8 Å². The van der Waals surface area contributed by atoms with E-state index in [4.69, 9.17) is 18.9 Å². The maximum atomic E-state index is 13.1. The van der Waals surface area contributed by atoms with Crippen molar-refractivity contribution in [2.24, 2.45) is 0 Å². The highest BCUT2D eigenvalue weighted by Crippen LogP contribution is 2.30. The van der Waals surface area contributed by atoms with E-state index >= 15 is 0 Å². The van der Waals surface area contributed by atoms with Crippen molar-refractivity contribution in [1.82, 2.24) is 5.32 Å². The monoisotopic (exact) mass is 808 g/mol. The normalized spacial score (nSPS) is 29.3. The molecule has 0 spiro atoms. The van der Waals surface area contributed by atoms with Crippen LogP contribution in [-0.4, -0.2) is 140 Å². The van der Waals surface area contributed by atoms with Crippen molar-refractivity contribution in [3.63, 3.8) is 0 Å². The molecule has 1 amide bonds. The Morgan fingerprint density at radius 3 is 1.52 bits per heavy atom. The Labute approximate surface area is 336 Å². The molecule has 0 aromatic heterocycles. The molecule has 0 saturated carbocycles. The number of carbonyl (C=O) groups excluding carboxylic acids is 1. The third kappa shape index (κ3) is 19.4. The van der Waals surface area contributed by atoms with Crippen molar-refractivity contribution in [3.05, 3.63) is 0 Å². The highest BCUT2D eigenvalue weighted by atomic mass is 16.7. The molecule has 2 rings (SSSR count). The number of unbranched alkanes of at least 4 members (excludes halogenated alkanes) is 20. The lowest BCUT2D eigenvalue weighted by atomic mass is 9.97. The fraction of sp³-hybridized carbons (Fsp3) is 0.976. The summed E-state index contributed by atoms with van der Waals surface area (Å²) < 4.78 is 22.6. The van der Waals surface area contributed by atoms with Gasteiger partial charge in [0.05, 0.1) is 32.0 Å². The standard InChI is InChI=1S/C42H81NO13/c1-3-5-7-9-11-13-14-15-16-18-20-22-24-26-34(47)43-30(31(46)25-23-21-19-17-12-10-8-6-4-2)29-53-41-39(52)37(50)40(33(28-45)55-41)56-42-38(51)36(49)35(48)32(27-44)54-42/h30-33,35-42,44-46,48-52H,3-29H2,1-2H3,(H,43,47). The van der Waals surface area contributed by atoms with Crippen LogP contribution in [0.15, 0.2) is 0 Å². The van der Waals surface area contributed by atoms with Gasteiger partial charge in [-0.2, -0.15) is 0 Å². The minimum Gasteiger partial charge on any atom is -0.394 e. The number of amides is 1. The first kappa shape index (κ1) is 51.1. The summed E-state index contributed by atoms with van der Waals surface area (Å²) in [7, 11) is 0. The van der Waals surface area contributed by atoms with Crippen molar-refractivity contribution in [3.8, 4) is 0 Å². The van der Waals surface area contributed by atoms with Crippen LogP contribution in [0.1, 0.15) is 168 Å². The van der Waals surface area contributed by atoms with Crippen LogP contribution < -0.4 is 5.32 Å². The van der Waals surface area contributed by atoms with E-state index in [9.17, 15) is 45.6 Å². The molecule has 332 valence electrons. The van der Waals surface area contributed by atoms with E-state index in [1.54, 1.807) is 0 Å². The van der Waals surface area contributed by atoms with Gasteiger partial charge in [-0.05, 0) is 12.8 Å². The molecule has 0 radical (unpaired) electrons. The zero-order valence-electron chi connectivity index (χ0n) is 34.6. The first-order chi connectivity index (χ1) is 27.1. The summed E-state index contributed by atoms with van der Waals surface area (Å²) in [6.45, 7) is 2.80. The van der Waals surface area contributed by atoms with Crippen LogP contribution in [0.25, 0.3) is 0 Å².